The zero-order chi connectivity index (χ0) is 10.8. The standard InChI is InChI=1S/C12H18N2O/c1-3-15-11-6-4-5-9(12(11)13)14-10-7-8(10)2/h4-6,8,10,14H,3,7,13H2,1-2H3. The highest BCUT2D eigenvalue weighted by molar-refractivity contribution is 5.73. The van der Waals surface area contributed by atoms with E-state index in [4.69, 9.17) is 10.5 Å². The van der Waals surface area contributed by atoms with Gasteiger partial charge in [-0.15, -0.1) is 0 Å². The van der Waals surface area contributed by atoms with Crippen molar-refractivity contribution in [3.63, 3.8) is 0 Å². The fraction of sp³-hybridized carbons (Fsp3) is 0.500. The highest BCUT2D eigenvalue weighted by atomic mass is 16.5. The summed E-state index contributed by atoms with van der Waals surface area (Å²) < 4.78 is 5.44. The quantitative estimate of drug-likeness (QED) is 0.744. The molecule has 3 nitrogen and oxygen atoms in total. The topological polar surface area (TPSA) is 47.3 Å². The number of anilines is 2. The van der Waals surface area contributed by atoms with Crippen LogP contribution in [0.5, 0.6) is 5.75 Å². The van der Waals surface area contributed by atoms with Gasteiger partial charge in [0, 0.05) is 6.04 Å². The van der Waals surface area contributed by atoms with E-state index < -0.39 is 0 Å². The van der Waals surface area contributed by atoms with E-state index in [1.807, 2.05) is 25.1 Å². The van der Waals surface area contributed by atoms with Gasteiger partial charge in [0.1, 0.15) is 5.75 Å². The van der Waals surface area contributed by atoms with Gasteiger partial charge in [0.15, 0.2) is 0 Å². The maximum Gasteiger partial charge on any atom is 0.144 e. The van der Waals surface area contributed by atoms with Crippen LogP contribution < -0.4 is 15.8 Å². The first kappa shape index (κ1) is 10.1. The number of nitrogens with two attached hydrogens (primary N) is 1. The van der Waals surface area contributed by atoms with Gasteiger partial charge in [-0.05, 0) is 31.4 Å². The van der Waals surface area contributed by atoms with Gasteiger partial charge in [-0.1, -0.05) is 13.0 Å². The number of benzene rings is 1. The summed E-state index contributed by atoms with van der Waals surface area (Å²) in [5.74, 6) is 1.54. The minimum absolute atomic E-state index is 0.587. The Balaban J connectivity index is 2.12. The maximum atomic E-state index is 6.00. The molecule has 0 radical (unpaired) electrons. The number of hydrogen-bond donors (Lipinski definition) is 2. The molecular formula is C12H18N2O. The summed E-state index contributed by atoms with van der Waals surface area (Å²) in [6.45, 7) is 4.84. The lowest BCUT2D eigenvalue weighted by Crippen LogP contribution is -2.07. The molecule has 0 bridgehead atoms. The molecule has 1 saturated carbocycles. The molecule has 2 unspecified atom stereocenters. The Bertz CT molecular complexity index is 351. The first-order chi connectivity index (χ1) is 7.22. The molecule has 0 spiro atoms. The molecule has 15 heavy (non-hydrogen) atoms. The summed E-state index contributed by atoms with van der Waals surface area (Å²) in [4.78, 5) is 0. The Kier molecular flexibility index (Phi) is 2.71. The second kappa shape index (κ2) is 4.01. The fourth-order valence-corrected chi connectivity index (χ4v) is 1.67. The minimum atomic E-state index is 0.587. The van der Waals surface area contributed by atoms with Crippen molar-refractivity contribution in [2.75, 3.05) is 17.7 Å². The first-order valence-electron chi connectivity index (χ1n) is 5.50. The van der Waals surface area contributed by atoms with E-state index in [0.717, 1.165) is 23.0 Å². The summed E-state index contributed by atoms with van der Waals surface area (Å²) in [5, 5.41) is 3.43. The highest BCUT2D eigenvalue weighted by Gasteiger charge is 2.32. The lowest BCUT2D eigenvalue weighted by atomic mass is 10.2. The van der Waals surface area contributed by atoms with Gasteiger partial charge in [-0.2, -0.15) is 0 Å². The van der Waals surface area contributed by atoms with Crippen LogP contribution in [0.3, 0.4) is 0 Å². The fourth-order valence-electron chi connectivity index (χ4n) is 1.67. The van der Waals surface area contributed by atoms with Gasteiger partial charge in [0.05, 0.1) is 18.0 Å². The molecule has 1 aliphatic carbocycles. The van der Waals surface area contributed by atoms with Crippen LogP contribution >= 0.6 is 0 Å². The third-order valence-electron chi connectivity index (χ3n) is 2.82. The monoisotopic (exact) mass is 206 g/mol. The molecule has 1 aromatic rings. The van der Waals surface area contributed by atoms with Gasteiger partial charge in [0.25, 0.3) is 0 Å². The number of nitrogens with one attached hydrogen (secondary N) is 1. The van der Waals surface area contributed by atoms with Gasteiger partial charge >= 0.3 is 0 Å². The predicted octanol–water partition coefficient (Wildman–Crippen LogP) is 2.49. The van der Waals surface area contributed by atoms with Crippen LogP contribution in [-0.4, -0.2) is 12.6 Å². The van der Waals surface area contributed by atoms with Gasteiger partial charge < -0.3 is 15.8 Å². The molecule has 2 rings (SSSR count). The zero-order valence-corrected chi connectivity index (χ0v) is 9.29. The second-order valence-corrected chi connectivity index (χ2v) is 4.11. The zero-order valence-electron chi connectivity index (χ0n) is 9.29. The molecule has 0 aliphatic heterocycles. The van der Waals surface area contributed by atoms with Crippen LogP contribution in [0.4, 0.5) is 11.4 Å². The van der Waals surface area contributed by atoms with Crippen molar-refractivity contribution in [2.24, 2.45) is 5.92 Å². The minimum Gasteiger partial charge on any atom is -0.492 e. The Hall–Kier alpha value is -1.38. The number of para-hydroxylation sites is 1. The predicted molar refractivity (Wildman–Crippen MR) is 63.2 cm³/mol. The Morgan fingerprint density at radius 3 is 2.87 bits per heavy atom. The van der Waals surface area contributed by atoms with Crippen LogP contribution in [0.1, 0.15) is 20.3 Å². The maximum absolute atomic E-state index is 6.00. The van der Waals surface area contributed by atoms with Crippen molar-refractivity contribution in [3.8, 4) is 5.75 Å². The smallest absolute Gasteiger partial charge is 0.144 e. The van der Waals surface area contributed by atoms with Crippen molar-refractivity contribution >= 4 is 11.4 Å². The number of rotatable bonds is 4. The average molecular weight is 206 g/mol. The summed E-state index contributed by atoms with van der Waals surface area (Å²) in [6, 6.07) is 6.46. The Labute approximate surface area is 90.6 Å². The third kappa shape index (κ3) is 2.17. The molecule has 1 fully saturated rings. The van der Waals surface area contributed by atoms with Crippen LogP contribution in [-0.2, 0) is 0 Å². The van der Waals surface area contributed by atoms with Gasteiger partial charge in [0.2, 0.25) is 0 Å². The molecule has 3 N–H and O–H groups in total. The Morgan fingerprint density at radius 2 is 2.27 bits per heavy atom. The molecule has 82 valence electrons. The molecule has 2 atom stereocenters. The normalized spacial score (nSPS) is 23.6. The van der Waals surface area contributed by atoms with Crippen LogP contribution in [0, 0.1) is 5.92 Å². The number of ether oxygens (including phenoxy) is 1. The van der Waals surface area contributed by atoms with E-state index in [0.29, 0.717) is 12.6 Å². The lowest BCUT2D eigenvalue weighted by Gasteiger charge is -2.12. The van der Waals surface area contributed by atoms with Crippen LogP contribution in [0.2, 0.25) is 0 Å². The summed E-state index contributed by atoms with van der Waals surface area (Å²) in [7, 11) is 0. The van der Waals surface area contributed by atoms with Crippen LogP contribution in [0.25, 0.3) is 0 Å². The molecule has 0 heterocycles. The van der Waals surface area contributed by atoms with E-state index in [1.165, 1.54) is 6.42 Å². The van der Waals surface area contributed by atoms with E-state index in [2.05, 4.69) is 12.2 Å². The highest BCUT2D eigenvalue weighted by Crippen LogP contribution is 2.36. The SMILES string of the molecule is CCOc1cccc(NC2CC2C)c1N. The summed E-state index contributed by atoms with van der Waals surface area (Å²) >= 11 is 0. The number of nitrogen functional groups attached to an aromatic ring is 1. The van der Waals surface area contributed by atoms with Crippen molar-refractivity contribution in [1.82, 2.24) is 0 Å². The van der Waals surface area contributed by atoms with Crippen LogP contribution in [0.15, 0.2) is 18.2 Å². The molecule has 0 aromatic heterocycles. The molecule has 1 aromatic carbocycles. The van der Waals surface area contributed by atoms with Crippen molar-refractivity contribution in [3.05, 3.63) is 18.2 Å². The second-order valence-electron chi connectivity index (χ2n) is 4.11. The van der Waals surface area contributed by atoms with Gasteiger partial charge in [-0.3, -0.25) is 0 Å². The van der Waals surface area contributed by atoms with E-state index in [9.17, 15) is 0 Å². The van der Waals surface area contributed by atoms with E-state index in [-0.39, 0.29) is 0 Å². The summed E-state index contributed by atoms with van der Waals surface area (Å²) in [5.41, 5.74) is 7.72. The number of hydrogen-bond acceptors (Lipinski definition) is 3. The molecule has 0 amide bonds. The largest absolute Gasteiger partial charge is 0.492 e. The molecular weight excluding hydrogens is 188 g/mol. The average Bonchev–Trinajstić information content (AvgIpc) is 2.89. The van der Waals surface area contributed by atoms with E-state index in [1.54, 1.807) is 0 Å². The van der Waals surface area contributed by atoms with Gasteiger partial charge in [-0.25, -0.2) is 0 Å². The lowest BCUT2D eigenvalue weighted by molar-refractivity contribution is 0.342. The van der Waals surface area contributed by atoms with Crippen molar-refractivity contribution in [1.29, 1.82) is 0 Å². The van der Waals surface area contributed by atoms with Crippen molar-refractivity contribution < 1.29 is 4.74 Å². The Morgan fingerprint density at radius 1 is 1.53 bits per heavy atom. The molecule has 3 heteroatoms. The van der Waals surface area contributed by atoms with Crippen molar-refractivity contribution in [2.45, 2.75) is 26.3 Å². The third-order valence-corrected chi connectivity index (χ3v) is 2.82. The first-order valence-corrected chi connectivity index (χ1v) is 5.50. The summed E-state index contributed by atoms with van der Waals surface area (Å²) in [6.07, 6.45) is 1.23. The molecule has 1 aliphatic rings. The van der Waals surface area contributed by atoms with E-state index >= 15 is 0 Å². The molecule has 0 saturated heterocycles.